The average molecular weight is 405 g/mol. The summed E-state index contributed by atoms with van der Waals surface area (Å²) in [4.78, 5) is 12.8. The van der Waals surface area contributed by atoms with E-state index in [1.54, 1.807) is 0 Å². The molecular weight excluding hydrogens is 356 g/mol. The summed E-state index contributed by atoms with van der Waals surface area (Å²) in [7, 11) is 0. The van der Waals surface area contributed by atoms with E-state index in [4.69, 9.17) is 4.74 Å². The van der Waals surface area contributed by atoms with Crippen molar-refractivity contribution in [2.45, 2.75) is 136 Å². The Labute approximate surface area is 180 Å². The lowest BCUT2D eigenvalue weighted by molar-refractivity contribution is -0.159. The Morgan fingerprint density at radius 1 is 0.793 bits per heavy atom. The Kier molecular flexibility index (Phi) is 9.86. The van der Waals surface area contributed by atoms with Crippen molar-refractivity contribution < 1.29 is 9.53 Å². The van der Waals surface area contributed by atoms with Crippen molar-refractivity contribution in [2.24, 2.45) is 29.6 Å². The largest absolute Gasteiger partial charge is 0.462 e. The Balaban J connectivity index is 1.36. The Bertz CT molecular complexity index is 451. The van der Waals surface area contributed by atoms with E-state index in [0.717, 1.165) is 37.0 Å². The molecule has 0 aromatic rings. The predicted molar refractivity (Wildman–Crippen MR) is 122 cm³/mol. The van der Waals surface area contributed by atoms with Crippen LogP contribution in [-0.2, 0) is 9.53 Å². The molecule has 3 aliphatic rings. The molecule has 0 aromatic heterocycles. The first-order valence-electron chi connectivity index (χ1n) is 13.4. The second-order valence-corrected chi connectivity index (χ2v) is 10.7. The fourth-order valence-electron chi connectivity index (χ4n) is 6.72. The average Bonchev–Trinajstić information content (AvgIpc) is 2.78. The molecule has 0 bridgehead atoms. The maximum Gasteiger partial charge on any atom is 0.309 e. The van der Waals surface area contributed by atoms with E-state index < -0.39 is 0 Å². The summed E-state index contributed by atoms with van der Waals surface area (Å²) in [5, 5.41) is 0. The minimum atomic E-state index is 0.139. The predicted octanol–water partition coefficient (Wildman–Crippen LogP) is 8.08. The number of hydrogen-bond acceptors (Lipinski definition) is 2. The SMILES string of the molecule is CCCCCC1CCC(C2CCC(C(=O)OC(CC)C3CCCCC3)CC2)CC1. The molecule has 3 saturated carbocycles. The van der Waals surface area contributed by atoms with Gasteiger partial charge in [-0.1, -0.05) is 71.6 Å². The number of rotatable bonds is 9. The van der Waals surface area contributed by atoms with E-state index in [-0.39, 0.29) is 18.0 Å². The first-order chi connectivity index (χ1) is 14.2. The summed E-state index contributed by atoms with van der Waals surface area (Å²) in [6.45, 7) is 4.50. The summed E-state index contributed by atoms with van der Waals surface area (Å²) < 4.78 is 6.08. The second-order valence-electron chi connectivity index (χ2n) is 10.7. The summed E-state index contributed by atoms with van der Waals surface area (Å²) in [6.07, 6.45) is 23.9. The number of hydrogen-bond donors (Lipinski definition) is 0. The van der Waals surface area contributed by atoms with Gasteiger partial charge in [0, 0.05) is 0 Å². The minimum Gasteiger partial charge on any atom is -0.462 e. The highest BCUT2D eigenvalue weighted by atomic mass is 16.5. The van der Waals surface area contributed by atoms with Crippen LogP contribution < -0.4 is 0 Å². The van der Waals surface area contributed by atoms with Crippen LogP contribution in [0.4, 0.5) is 0 Å². The first kappa shape index (κ1) is 23.1. The molecule has 168 valence electrons. The van der Waals surface area contributed by atoms with Crippen molar-refractivity contribution in [2.75, 3.05) is 0 Å². The van der Waals surface area contributed by atoms with Gasteiger partial charge >= 0.3 is 5.97 Å². The quantitative estimate of drug-likeness (QED) is 0.287. The normalized spacial score (nSPS) is 32.6. The van der Waals surface area contributed by atoms with Gasteiger partial charge in [0.1, 0.15) is 6.10 Å². The maximum absolute atomic E-state index is 12.8. The highest BCUT2D eigenvalue weighted by molar-refractivity contribution is 5.72. The molecule has 0 aliphatic heterocycles. The van der Waals surface area contributed by atoms with Crippen molar-refractivity contribution in [1.29, 1.82) is 0 Å². The molecule has 0 aromatic carbocycles. The van der Waals surface area contributed by atoms with Crippen LogP contribution in [0.15, 0.2) is 0 Å². The molecule has 29 heavy (non-hydrogen) atoms. The van der Waals surface area contributed by atoms with Gasteiger partial charge in [0.25, 0.3) is 0 Å². The summed E-state index contributed by atoms with van der Waals surface area (Å²) >= 11 is 0. The minimum absolute atomic E-state index is 0.139. The molecule has 0 N–H and O–H groups in total. The van der Waals surface area contributed by atoms with Crippen molar-refractivity contribution in [3.05, 3.63) is 0 Å². The smallest absolute Gasteiger partial charge is 0.309 e. The zero-order valence-electron chi connectivity index (χ0n) is 19.5. The molecule has 3 rings (SSSR count). The van der Waals surface area contributed by atoms with Crippen LogP contribution in [0, 0.1) is 29.6 Å². The van der Waals surface area contributed by atoms with E-state index >= 15 is 0 Å². The molecule has 1 unspecified atom stereocenters. The lowest BCUT2D eigenvalue weighted by Crippen LogP contribution is -2.33. The molecule has 0 heterocycles. The lowest BCUT2D eigenvalue weighted by atomic mass is 9.68. The Hall–Kier alpha value is -0.530. The van der Waals surface area contributed by atoms with Gasteiger partial charge in [-0.2, -0.15) is 0 Å². The number of ether oxygens (including phenoxy) is 1. The van der Waals surface area contributed by atoms with Crippen LogP contribution in [0.3, 0.4) is 0 Å². The van der Waals surface area contributed by atoms with Gasteiger partial charge in [-0.15, -0.1) is 0 Å². The van der Waals surface area contributed by atoms with Crippen LogP contribution in [0.5, 0.6) is 0 Å². The fourth-order valence-corrected chi connectivity index (χ4v) is 6.72. The first-order valence-corrected chi connectivity index (χ1v) is 13.4. The topological polar surface area (TPSA) is 26.3 Å². The molecule has 0 amide bonds. The lowest BCUT2D eigenvalue weighted by Gasteiger charge is -2.38. The Morgan fingerprint density at radius 2 is 1.41 bits per heavy atom. The summed E-state index contributed by atoms with van der Waals surface area (Å²) in [5.41, 5.74) is 0. The van der Waals surface area contributed by atoms with Gasteiger partial charge in [0.2, 0.25) is 0 Å². The van der Waals surface area contributed by atoms with Crippen LogP contribution in [-0.4, -0.2) is 12.1 Å². The van der Waals surface area contributed by atoms with Crippen molar-refractivity contribution in [1.82, 2.24) is 0 Å². The van der Waals surface area contributed by atoms with Crippen molar-refractivity contribution in [3.8, 4) is 0 Å². The summed E-state index contributed by atoms with van der Waals surface area (Å²) in [5.74, 6) is 3.79. The molecule has 1 atom stereocenters. The number of esters is 1. The third-order valence-corrected chi connectivity index (χ3v) is 8.72. The molecule has 3 aliphatic carbocycles. The van der Waals surface area contributed by atoms with E-state index in [0.29, 0.717) is 5.92 Å². The number of carbonyl (C=O) groups is 1. The van der Waals surface area contributed by atoms with Gasteiger partial charge < -0.3 is 4.74 Å². The van der Waals surface area contributed by atoms with Gasteiger partial charge in [-0.3, -0.25) is 4.79 Å². The van der Waals surface area contributed by atoms with Crippen LogP contribution in [0.1, 0.15) is 129 Å². The molecule has 0 spiro atoms. The monoisotopic (exact) mass is 404 g/mol. The van der Waals surface area contributed by atoms with Crippen molar-refractivity contribution >= 4 is 5.97 Å². The van der Waals surface area contributed by atoms with Crippen LogP contribution in [0.2, 0.25) is 0 Å². The van der Waals surface area contributed by atoms with Gasteiger partial charge in [-0.25, -0.2) is 0 Å². The molecule has 2 nitrogen and oxygen atoms in total. The second kappa shape index (κ2) is 12.4. The van der Waals surface area contributed by atoms with E-state index in [1.165, 1.54) is 96.3 Å². The van der Waals surface area contributed by atoms with E-state index in [1.807, 2.05) is 0 Å². The molecule has 0 saturated heterocycles. The Morgan fingerprint density at radius 3 is 2.00 bits per heavy atom. The highest BCUT2D eigenvalue weighted by Crippen LogP contribution is 2.43. The van der Waals surface area contributed by atoms with E-state index in [2.05, 4.69) is 13.8 Å². The highest BCUT2D eigenvalue weighted by Gasteiger charge is 2.35. The number of carbonyl (C=O) groups excluding carboxylic acids is 1. The third-order valence-electron chi connectivity index (χ3n) is 8.72. The molecule has 2 heteroatoms. The maximum atomic E-state index is 12.8. The zero-order chi connectivity index (χ0) is 20.5. The third kappa shape index (κ3) is 7.00. The summed E-state index contributed by atoms with van der Waals surface area (Å²) in [6, 6.07) is 0. The van der Waals surface area contributed by atoms with Gasteiger partial charge in [0.05, 0.1) is 5.92 Å². The van der Waals surface area contributed by atoms with Gasteiger partial charge in [-0.05, 0) is 81.5 Å². The molecular formula is C27H48O2. The van der Waals surface area contributed by atoms with Crippen molar-refractivity contribution in [3.63, 3.8) is 0 Å². The van der Waals surface area contributed by atoms with Crippen LogP contribution >= 0.6 is 0 Å². The standard InChI is InChI=1S/C27H48O2/c1-3-5-7-10-21-13-15-22(16-14-21)23-17-19-25(20-18-23)27(28)29-26(4-2)24-11-8-6-9-12-24/h21-26H,3-20H2,1-2H3. The van der Waals surface area contributed by atoms with Gasteiger partial charge in [0.15, 0.2) is 0 Å². The fraction of sp³-hybridized carbons (Fsp3) is 0.963. The number of unbranched alkanes of at least 4 members (excludes halogenated alkanes) is 2. The molecule has 0 radical (unpaired) electrons. The van der Waals surface area contributed by atoms with E-state index in [9.17, 15) is 4.79 Å². The van der Waals surface area contributed by atoms with Crippen LogP contribution in [0.25, 0.3) is 0 Å². The zero-order valence-corrected chi connectivity index (χ0v) is 19.5. The molecule has 3 fully saturated rings.